The van der Waals surface area contributed by atoms with Gasteiger partial charge < -0.3 is 0 Å². The number of benzene rings is 1. The van der Waals surface area contributed by atoms with Crippen LogP contribution in [-0.4, -0.2) is 0 Å². The lowest BCUT2D eigenvalue weighted by Crippen LogP contribution is -1.98. The Morgan fingerprint density at radius 1 is 1.08 bits per heavy atom. The first-order valence-corrected chi connectivity index (χ1v) is 3.81. The van der Waals surface area contributed by atoms with E-state index in [9.17, 15) is 17.6 Å². The molecule has 0 heterocycles. The van der Waals surface area contributed by atoms with Crippen molar-refractivity contribution >= 4 is 0 Å². The van der Waals surface area contributed by atoms with Crippen LogP contribution in [0.3, 0.4) is 0 Å². The van der Waals surface area contributed by atoms with Crippen molar-refractivity contribution in [3.8, 4) is 0 Å². The lowest BCUT2D eigenvalue weighted by Gasteiger charge is -2.05. The molecule has 0 saturated carbocycles. The molecule has 1 aliphatic carbocycles. The van der Waals surface area contributed by atoms with E-state index in [-0.39, 0.29) is 11.1 Å². The summed E-state index contributed by atoms with van der Waals surface area (Å²) in [7, 11) is 0. The predicted octanol–water partition coefficient (Wildman–Crippen LogP) is 3.12. The highest BCUT2D eigenvalue weighted by molar-refractivity contribution is 5.55. The highest BCUT2D eigenvalue weighted by Gasteiger charge is 2.33. The first kappa shape index (κ1) is 8.53. The van der Waals surface area contributed by atoms with E-state index in [2.05, 4.69) is 0 Å². The van der Waals surface area contributed by atoms with Crippen LogP contribution in [0.25, 0.3) is 0 Å². The van der Waals surface area contributed by atoms with Gasteiger partial charge in [0.1, 0.15) is 0 Å². The topological polar surface area (TPSA) is 0 Å². The van der Waals surface area contributed by atoms with E-state index in [1.807, 2.05) is 0 Å². The van der Waals surface area contributed by atoms with Gasteiger partial charge in [-0.2, -0.15) is 0 Å². The van der Waals surface area contributed by atoms with Crippen molar-refractivity contribution in [2.75, 3.05) is 0 Å². The van der Waals surface area contributed by atoms with Crippen molar-refractivity contribution in [1.82, 2.24) is 0 Å². The molecule has 0 saturated heterocycles. The molecular weight excluding hydrogens is 184 g/mol. The molecule has 0 spiro atoms. The lowest BCUT2D eigenvalue weighted by atomic mass is 10.1. The molecule has 1 aromatic rings. The lowest BCUT2D eigenvalue weighted by molar-refractivity contribution is 0.144. The minimum atomic E-state index is -2.94. The van der Waals surface area contributed by atoms with Crippen LogP contribution in [-0.2, 0) is 6.42 Å². The second kappa shape index (κ2) is 2.47. The maximum atomic E-state index is 13.0. The third-order valence-corrected chi connectivity index (χ3v) is 2.36. The van der Waals surface area contributed by atoms with Gasteiger partial charge in [-0.3, -0.25) is 0 Å². The van der Waals surface area contributed by atoms with Crippen molar-refractivity contribution in [2.45, 2.75) is 19.8 Å². The Morgan fingerprint density at radius 3 is 2.23 bits per heavy atom. The molecule has 0 fully saturated rings. The largest absolute Gasteiger partial charge is 0.267 e. The smallest absolute Gasteiger partial charge is 0.205 e. The van der Waals surface area contributed by atoms with Crippen LogP contribution in [0.1, 0.15) is 28.7 Å². The van der Waals surface area contributed by atoms with Crippen molar-refractivity contribution in [3.05, 3.63) is 33.9 Å². The normalized spacial score (nSPS) is 13.4. The van der Waals surface area contributed by atoms with Crippen LogP contribution in [0.2, 0.25) is 0 Å². The van der Waals surface area contributed by atoms with E-state index >= 15 is 0 Å². The summed E-state index contributed by atoms with van der Waals surface area (Å²) in [6.45, 7) is 1.40. The van der Waals surface area contributed by atoms with Gasteiger partial charge in [-0.05, 0) is 23.6 Å². The van der Waals surface area contributed by atoms with E-state index in [4.69, 9.17) is 0 Å². The van der Waals surface area contributed by atoms with Gasteiger partial charge in [0.2, 0.25) is 0 Å². The van der Waals surface area contributed by atoms with Crippen LogP contribution in [0.4, 0.5) is 17.6 Å². The summed E-state index contributed by atoms with van der Waals surface area (Å²) in [5, 5.41) is 0. The monoisotopic (exact) mass is 190 g/mol. The Morgan fingerprint density at radius 2 is 1.69 bits per heavy atom. The summed E-state index contributed by atoms with van der Waals surface area (Å²) in [5.74, 6) is -2.49. The standard InChI is InChI=1S/C9H6F4/c1-3-4-2-5(4)7(10)8(11)6(3)9(12)13/h9H,2H2,1H3. The number of fused-ring (bicyclic) bond motifs is 1. The molecule has 0 N–H and O–H groups in total. The Hall–Kier alpha value is -1.06. The molecule has 2 rings (SSSR count). The highest BCUT2D eigenvalue weighted by atomic mass is 19.3. The molecule has 0 bridgehead atoms. The van der Waals surface area contributed by atoms with Gasteiger partial charge in [0, 0.05) is 6.42 Å². The molecule has 1 aliphatic rings. The third kappa shape index (κ3) is 1.04. The molecule has 1 aromatic carbocycles. The zero-order valence-electron chi connectivity index (χ0n) is 6.80. The molecular formula is C9H6F4. The fourth-order valence-electron chi connectivity index (χ4n) is 1.54. The minimum Gasteiger partial charge on any atom is -0.205 e. The second-order valence-corrected chi connectivity index (χ2v) is 3.10. The molecule has 13 heavy (non-hydrogen) atoms. The molecule has 70 valence electrons. The summed E-state index contributed by atoms with van der Waals surface area (Å²) >= 11 is 0. The maximum Gasteiger partial charge on any atom is 0.267 e. The van der Waals surface area contributed by atoms with Crippen molar-refractivity contribution in [2.24, 2.45) is 0 Å². The minimum absolute atomic E-state index is 0.198. The van der Waals surface area contributed by atoms with Crippen LogP contribution in [0.15, 0.2) is 0 Å². The Balaban J connectivity index is 2.69. The van der Waals surface area contributed by atoms with E-state index in [1.54, 1.807) is 0 Å². The van der Waals surface area contributed by atoms with E-state index in [0.29, 0.717) is 12.0 Å². The molecule has 0 nitrogen and oxygen atoms in total. The summed E-state index contributed by atoms with van der Waals surface area (Å²) in [6, 6.07) is 0. The average Bonchev–Trinajstić information content (AvgIpc) is 2.79. The number of rotatable bonds is 1. The zero-order chi connectivity index (χ0) is 9.75. The van der Waals surface area contributed by atoms with Gasteiger partial charge in [0.25, 0.3) is 6.43 Å². The molecule has 0 aliphatic heterocycles. The number of hydrogen-bond donors (Lipinski definition) is 0. The molecule has 4 heteroatoms. The van der Waals surface area contributed by atoms with Gasteiger partial charge >= 0.3 is 0 Å². The van der Waals surface area contributed by atoms with Crippen LogP contribution in [0, 0.1) is 18.6 Å². The van der Waals surface area contributed by atoms with E-state index < -0.39 is 23.6 Å². The van der Waals surface area contributed by atoms with Gasteiger partial charge in [0.15, 0.2) is 11.6 Å². The first-order chi connectivity index (χ1) is 6.04. The second-order valence-electron chi connectivity index (χ2n) is 3.10. The van der Waals surface area contributed by atoms with Crippen LogP contribution in [0.5, 0.6) is 0 Å². The molecule has 0 atom stereocenters. The zero-order valence-corrected chi connectivity index (χ0v) is 6.80. The highest BCUT2D eigenvalue weighted by Crippen LogP contribution is 2.40. The SMILES string of the molecule is Cc1c2c(c(F)c(F)c1C(F)F)C2. The van der Waals surface area contributed by atoms with E-state index in [0.717, 1.165) is 0 Å². The van der Waals surface area contributed by atoms with E-state index in [1.165, 1.54) is 6.92 Å². The maximum absolute atomic E-state index is 13.0. The third-order valence-electron chi connectivity index (χ3n) is 2.36. The fourth-order valence-corrected chi connectivity index (χ4v) is 1.54. The summed E-state index contributed by atoms with van der Waals surface area (Å²) < 4.78 is 50.4. The summed E-state index contributed by atoms with van der Waals surface area (Å²) in [4.78, 5) is 0. The molecule has 0 aromatic heterocycles. The Kier molecular flexibility index (Phi) is 1.62. The molecule has 0 unspecified atom stereocenters. The van der Waals surface area contributed by atoms with Crippen molar-refractivity contribution in [3.63, 3.8) is 0 Å². The average molecular weight is 190 g/mol. The summed E-state index contributed by atoms with van der Waals surface area (Å²) in [5.41, 5.74) is 0.200. The van der Waals surface area contributed by atoms with Gasteiger partial charge in [0.05, 0.1) is 5.56 Å². The van der Waals surface area contributed by atoms with Crippen LogP contribution < -0.4 is 0 Å². The van der Waals surface area contributed by atoms with Gasteiger partial charge in [-0.25, -0.2) is 17.6 Å². The van der Waals surface area contributed by atoms with Crippen molar-refractivity contribution in [1.29, 1.82) is 0 Å². The van der Waals surface area contributed by atoms with Crippen LogP contribution >= 0.6 is 0 Å². The number of alkyl halides is 2. The molecule has 0 radical (unpaired) electrons. The quantitative estimate of drug-likeness (QED) is 0.606. The first-order valence-electron chi connectivity index (χ1n) is 3.81. The number of hydrogen-bond acceptors (Lipinski definition) is 0. The predicted molar refractivity (Wildman–Crippen MR) is 38.9 cm³/mol. The summed E-state index contributed by atoms with van der Waals surface area (Å²) in [6.07, 6.45) is -2.64. The van der Waals surface area contributed by atoms with Gasteiger partial charge in [-0.1, -0.05) is 0 Å². The van der Waals surface area contributed by atoms with Crippen molar-refractivity contribution < 1.29 is 17.6 Å². The number of halogens is 4. The molecule has 0 amide bonds. The fraction of sp³-hybridized carbons (Fsp3) is 0.333. The Bertz CT molecular complexity index is 382. The van der Waals surface area contributed by atoms with Gasteiger partial charge in [-0.15, -0.1) is 0 Å². The Labute approximate surface area is 72.2 Å².